The molecular weight excluding hydrogens is 309 g/mol. The number of hydrogen-bond acceptors (Lipinski definition) is 2. The number of carboxylic acid groups (broad SMARTS) is 1. The number of imidazole rings is 1. The average molecular weight is 322 g/mol. The molecule has 1 aromatic carbocycles. The van der Waals surface area contributed by atoms with Crippen LogP contribution in [0.5, 0.6) is 0 Å². The first-order valence-corrected chi connectivity index (χ1v) is 7.30. The Labute approximate surface area is 130 Å². The number of nitrogens with one attached hydrogen (secondary N) is 1. The second-order valence-electron chi connectivity index (χ2n) is 6.26. The number of rotatable bonds is 3. The maximum atomic E-state index is 13.5. The van der Waals surface area contributed by atoms with Crippen molar-refractivity contribution in [2.24, 2.45) is 0 Å². The minimum absolute atomic E-state index is 0.0430. The monoisotopic (exact) mass is 321 g/mol. The molecule has 2 N–H and O–H groups in total. The molecule has 7 heteroatoms. The van der Waals surface area contributed by atoms with Gasteiger partial charge in [0.1, 0.15) is 5.82 Å². The van der Waals surface area contributed by atoms with E-state index in [4.69, 9.17) is 16.7 Å². The van der Waals surface area contributed by atoms with Gasteiger partial charge >= 0.3 is 6.09 Å². The molecular formula is C15H13ClFN3O2. The highest BCUT2D eigenvalue weighted by atomic mass is 35.5. The molecule has 3 saturated carbocycles. The lowest BCUT2D eigenvalue weighted by Crippen LogP contribution is -2.78. The zero-order valence-electron chi connectivity index (χ0n) is 11.5. The van der Waals surface area contributed by atoms with Gasteiger partial charge in [-0.05, 0) is 31.4 Å². The molecule has 5 nitrogen and oxygen atoms in total. The Kier molecular flexibility index (Phi) is 2.61. The topological polar surface area (TPSA) is 67.2 Å². The number of hydrogen-bond donors (Lipinski definition) is 2. The van der Waals surface area contributed by atoms with E-state index in [1.54, 1.807) is 12.4 Å². The lowest BCUT2D eigenvalue weighted by atomic mass is 9.44. The zero-order chi connectivity index (χ0) is 15.5. The van der Waals surface area contributed by atoms with Crippen molar-refractivity contribution in [3.8, 4) is 11.3 Å². The van der Waals surface area contributed by atoms with Gasteiger partial charge in [-0.2, -0.15) is 0 Å². The van der Waals surface area contributed by atoms with E-state index in [0.29, 0.717) is 11.3 Å². The van der Waals surface area contributed by atoms with Gasteiger partial charge in [0, 0.05) is 11.8 Å². The van der Waals surface area contributed by atoms with Crippen molar-refractivity contribution in [2.75, 3.05) is 0 Å². The average Bonchev–Trinajstić information content (AvgIpc) is 2.84. The molecule has 0 aliphatic heterocycles. The highest BCUT2D eigenvalue weighted by molar-refractivity contribution is 6.30. The van der Waals surface area contributed by atoms with Crippen LogP contribution in [0.4, 0.5) is 9.18 Å². The number of aromatic nitrogens is 2. The highest BCUT2D eigenvalue weighted by Gasteiger charge is 2.69. The second kappa shape index (κ2) is 4.23. The number of nitrogens with zero attached hydrogens (tertiary/aromatic N) is 2. The summed E-state index contributed by atoms with van der Waals surface area (Å²) in [5.41, 5.74) is 1.05. The van der Waals surface area contributed by atoms with E-state index < -0.39 is 11.9 Å². The predicted octanol–water partition coefficient (Wildman–Crippen LogP) is 3.24. The van der Waals surface area contributed by atoms with Crippen LogP contribution in [0.25, 0.3) is 11.3 Å². The summed E-state index contributed by atoms with van der Waals surface area (Å²) in [6.07, 6.45) is 4.96. The van der Waals surface area contributed by atoms with Gasteiger partial charge in [-0.25, -0.2) is 14.2 Å². The third-order valence-electron chi connectivity index (χ3n) is 4.72. The minimum Gasteiger partial charge on any atom is -0.465 e. The maximum Gasteiger partial charge on any atom is 0.405 e. The summed E-state index contributed by atoms with van der Waals surface area (Å²) in [6, 6.07) is 4.61. The van der Waals surface area contributed by atoms with Crippen LogP contribution >= 0.6 is 11.6 Å². The molecule has 2 bridgehead atoms. The fraction of sp³-hybridized carbons (Fsp3) is 0.333. The smallest absolute Gasteiger partial charge is 0.405 e. The predicted molar refractivity (Wildman–Crippen MR) is 78.3 cm³/mol. The van der Waals surface area contributed by atoms with Crippen molar-refractivity contribution < 1.29 is 14.3 Å². The largest absolute Gasteiger partial charge is 0.465 e. The van der Waals surface area contributed by atoms with E-state index in [1.165, 1.54) is 12.1 Å². The van der Waals surface area contributed by atoms with Crippen LogP contribution in [-0.2, 0) is 5.54 Å². The summed E-state index contributed by atoms with van der Waals surface area (Å²) in [5.74, 6) is -0.469. The standard InChI is InChI=1S/C15H13ClFN3O2/c16-10-2-1-9(3-11(10)17)12-4-20(8-18-12)15-5-14(6-15,7-15)19-13(21)22/h1-4,8,19H,5-7H2,(H,21,22). The maximum absolute atomic E-state index is 13.5. The fourth-order valence-corrected chi connectivity index (χ4v) is 3.87. The molecule has 1 aromatic heterocycles. The molecule has 0 atom stereocenters. The normalized spacial score (nSPS) is 28.6. The third-order valence-corrected chi connectivity index (χ3v) is 5.03. The summed E-state index contributed by atoms with van der Waals surface area (Å²) >= 11 is 5.69. The molecule has 3 aliphatic carbocycles. The first-order chi connectivity index (χ1) is 10.4. The van der Waals surface area contributed by atoms with Gasteiger partial charge in [0.15, 0.2) is 0 Å². The van der Waals surface area contributed by atoms with E-state index >= 15 is 0 Å². The lowest BCUT2D eigenvalue weighted by Gasteiger charge is -2.70. The summed E-state index contributed by atoms with van der Waals surface area (Å²) in [7, 11) is 0. The Bertz CT molecular complexity index is 769. The summed E-state index contributed by atoms with van der Waals surface area (Å²) in [5, 5.41) is 11.5. The lowest BCUT2D eigenvalue weighted by molar-refractivity contribution is -0.132. The van der Waals surface area contributed by atoms with Gasteiger partial charge in [-0.1, -0.05) is 17.7 Å². The van der Waals surface area contributed by atoms with Gasteiger partial charge in [0.05, 0.1) is 28.1 Å². The van der Waals surface area contributed by atoms with E-state index in [1.807, 2.05) is 10.8 Å². The molecule has 2 aromatic rings. The first kappa shape index (κ1) is 13.6. The van der Waals surface area contributed by atoms with E-state index in [2.05, 4.69) is 10.3 Å². The van der Waals surface area contributed by atoms with Crippen molar-refractivity contribution >= 4 is 17.7 Å². The van der Waals surface area contributed by atoms with Crippen molar-refractivity contribution in [1.29, 1.82) is 0 Å². The molecule has 0 saturated heterocycles. The van der Waals surface area contributed by atoms with Crippen LogP contribution < -0.4 is 5.32 Å². The quantitative estimate of drug-likeness (QED) is 0.912. The first-order valence-electron chi connectivity index (χ1n) is 6.93. The van der Waals surface area contributed by atoms with Gasteiger partial charge in [-0.15, -0.1) is 0 Å². The Balaban J connectivity index is 1.54. The van der Waals surface area contributed by atoms with Crippen molar-refractivity contribution in [2.45, 2.75) is 30.3 Å². The van der Waals surface area contributed by atoms with E-state index in [-0.39, 0.29) is 16.1 Å². The Hall–Kier alpha value is -2.08. The fourth-order valence-electron chi connectivity index (χ4n) is 3.75. The number of carbonyl (C=O) groups is 1. The van der Waals surface area contributed by atoms with Gasteiger partial charge < -0.3 is 15.0 Å². The molecule has 22 heavy (non-hydrogen) atoms. The van der Waals surface area contributed by atoms with Crippen molar-refractivity contribution in [3.05, 3.63) is 41.6 Å². The molecule has 1 heterocycles. The third kappa shape index (κ3) is 1.83. The number of amides is 1. The van der Waals surface area contributed by atoms with E-state index in [9.17, 15) is 9.18 Å². The van der Waals surface area contributed by atoms with Gasteiger partial charge in [0.2, 0.25) is 0 Å². The summed E-state index contributed by atoms with van der Waals surface area (Å²) in [6.45, 7) is 0. The Morgan fingerprint density at radius 1 is 1.41 bits per heavy atom. The highest BCUT2D eigenvalue weighted by Crippen LogP contribution is 2.65. The summed E-state index contributed by atoms with van der Waals surface area (Å²) in [4.78, 5) is 15.1. The van der Waals surface area contributed by atoms with Crippen LogP contribution in [0, 0.1) is 5.82 Å². The zero-order valence-corrected chi connectivity index (χ0v) is 12.3. The number of halogens is 2. The van der Waals surface area contributed by atoms with Crippen LogP contribution in [-0.4, -0.2) is 26.3 Å². The molecule has 1 amide bonds. The van der Waals surface area contributed by atoms with Gasteiger partial charge in [0.25, 0.3) is 0 Å². The van der Waals surface area contributed by atoms with Crippen LogP contribution in [0.3, 0.4) is 0 Å². The van der Waals surface area contributed by atoms with Crippen molar-refractivity contribution in [1.82, 2.24) is 14.9 Å². The molecule has 0 spiro atoms. The summed E-state index contributed by atoms with van der Waals surface area (Å²) < 4.78 is 15.5. The number of benzene rings is 1. The van der Waals surface area contributed by atoms with Gasteiger partial charge in [-0.3, -0.25) is 0 Å². The van der Waals surface area contributed by atoms with Crippen molar-refractivity contribution in [3.63, 3.8) is 0 Å². The Morgan fingerprint density at radius 2 is 2.14 bits per heavy atom. The minimum atomic E-state index is -0.976. The van der Waals surface area contributed by atoms with Crippen LogP contribution in [0.2, 0.25) is 5.02 Å². The molecule has 3 fully saturated rings. The molecule has 3 aliphatic rings. The molecule has 5 rings (SSSR count). The molecule has 0 radical (unpaired) electrons. The SMILES string of the molecule is O=C(O)NC12CC(n3cnc(-c4ccc(Cl)c(F)c4)c3)(C1)C2. The molecule has 114 valence electrons. The van der Waals surface area contributed by atoms with Crippen LogP contribution in [0.15, 0.2) is 30.7 Å². The second-order valence-corrected chi connectivity index (χ2v) is 6.67. The van der Waals surface area contributed by atoms with E-state index in [0.717, 1.165) is 19.3 Å². The van der Waals surface area contributed by atoms with Crippen LogP contribution in [0.1, 0.15) is 19.3 Å². The Morgan fingerprint density at radius 3 is 2.77 bits per heavy atom. The molecule has 0 unspecified atom stereocenters.